The maximum atomic E-state index is 14.0. The summed E-state index contributed by atoms with van der Waals surface area (Å²) in [4.78, 5) is 25.3. The van der Waals surface area contributed by atoms with Crippen LogP contribution in [-0.2, 0) is 33.8 Å². The zero-order chi connectivity index (χ0) is 32.3. The van der Waals surface area contributed by atoms with Crippen molar-refractivity contribution in [1.82, 2.24) is 10.2 Å². The number of benzene rings is 3. The number of halogens is 1. The number of amides is 1. The molecule has 2 aliphatic rings. The van der Waals surface area contributed by atoms with Crippen LogP contribution in [0.25, 0.3) is 0 Å². The number of methoxy groups -OCH3 is 3. The van der Waals surface area contributed by atoms with Crippen molar-refractivity contribution in [3.8, 4) is 11.5 Å². The van der Waals surface area contributed by atoms with Crippen LogP contribution < -0.4 is 14.8 Å². The number of nitrogens with one attached hydrogen (secondary N) is 1. The van der Waals surface area contributed by atoms with E-state index < -0.39 is 17.7 Å². The summed E-state index contributed by atoms with van der Waals surface area (Å²) in [6.07, 6.45) is 4.45. The number of hydrogen-bond donors (Lipinski definition) is 1. The van der Waals surface area contributed by atoms with E-state index in [9.17, 15) is 14.0 Å². The molecule has 5 rings (SSSR count). The van der Waals surface area contributed by atoms with Crippen molar-refractivity contribution >= 4 is 11.9 Å². The SMILES string of the molecule is CCOCc1cc(OC)c(C2CCc3c(C)cccc32)c(OC)c1.COC(=O)CNC(=O)c1c(F)cccc1CN1CCCC1. The molecule has 1 amide bonds. The minimum Gasteiger partial charge on any atom is -0.496 e. The van der Waals surface area contributed by atoms with Gasteiger partial charge < -0.3 is 24.3 Å². The Balaban J connectivity index is 0.000000207. The van der Waals surface area contributed by atoms with Crippen molar-refractivity contribution in [2.24, 2.45) is 0 Å². The Morgan fingerprint density at radius 1 is 1.00 bits per heavy atom. The normalized spacial score (nSPS) is 15.6. The third-order valence-electron chi connectivity index (χ3n) is 8.47. The Morgan fingerprint density at radius 3 is 2.33 bits per heavy atom. The summed E-state index contributed by atoms with van der Waals surface area (Å²) in [5.41, 5.74) is 7.14. The van der Waals surface area contributed by atoms with Crippen LogP contribution in [0, 0.1) is 12.7 Å². The highest BCUT2D eigenvalue weighted by Crippen LogP contribution is 2.47. The van der Waals surface area contributed by atoms with E-state index in [1.165, 1.54) is 29.9 Å². The number of likely N-dealkylation sites (tertiary alicyclic amines) is 1. The van der Waals surface area contributed by atoms with E-state index in [-0.39, 0.29) is 12.1 Å². The molecule has 1 aliphatic heterocycles. The molecule has 1 unspecified atom stereocenters. The second-order valence-corrected chi connectivity index (χ2v) is 11.3. The first-order valence-electron chi connectivity index (χ1n) is 15.6. The first-order chi connectivity index (χ1) is 21.8. The molecule has 8 nitrogen and oxygen atoms in total. The number of hydrogen-bond acceptors (Lipinski definition) is 7. The fourth-order valence-corrected chi connectivity index (χ4v) is 6.23. The van der Waals surface area contributed by atoms with Crippen LogP contribution in [0.3, 0.4) is 0 Å². The van der Waals surface area contributed by atoms with E-state index in [0.29, 0.717) is 31.2 Å². The third kappa shape index (κ3) is 8.41. The number of aryl methyl sites for hydroxylation is 1. The van der Waals surface area contributed by atoms with Crippen molar-refractivity contribution in [2.75, 3.05) is 47.6 Å². The predicted molar refractivity (Wildman–Crippen MR) is 171 cm³/mol. The number of fused-ring (bicyclic) bond motifs is 1. The second-order valence-electron chi connectivity index (χ2n) is 11.3. The van der Waals surface area contributed by atoms with Crippen molar-refractivity contribution in [3.63, 3.8) is 0 Å². The molecular weight excluding hydrogens is 575 g/mol. The summed E-state index contributed by atoms with van der Waals surface area (Å²) < 4.78 is 35.4. The van der Waals surface area contributed by atoms with Crippen molar-refractivity contribution in [1.29, 1.82) is 0 Å². The fourth-order valence-electron chi connectivity index (χ4n) is 6.23. The minimum atomic E-state index is -0.590. The smallest absolute Gasteiger partial charge is 0.325 e. The Labute approximate surface area is 265 Å². The van der Waals surface area contributed by atoms with Gasteiger partial charge in [0.05, 0.1) is 33.5 Å². The van der Waals surface area contributed by atoms with Gasteiger partial charge in [-0.05, 0) is 98.6 Å². The highest BCUT2D eigenvalue weighted by atomic mass is 19.1. The molecule has 0 aromatic heterocycles. The molecule has 1 saturated heterocycles. The lowest BCUT2D eigenvalue weighted by Gasteiger charge is -2.21. The van der Waals surface area contributed by atoms with Gasteiger partial charge in [0.25, 0.3) is 5.91 Å². The lowest BCUT2D eigenvalue weighted by molar-refractivity contribution is -0.139. The number of carbonyl (C=O) groups is 2. The average molecular weight is 621 g/mol. The van der Waals surface area contributed by atoms with Gasteiger partial charge in [0.15, 0.2) is 0 Å². The second kappa shape index (κ2) is 16.4. The van der Waals surface area contributed by atoms with E-state index in [2.05, 4.69) is 52.2 Å². The van der Waals surface area contributed by atoms with Gasteiger partial charge in [-0.3, -0.25) is 14.5 Å². The number of esters is 1. The van der Waals surface area contributed by atoms with Gasteiger partial charge in [0, 0.05) is 24.6 Å². The van der Waals surface area contributed by atoms with Crippen LogP contribution in [0.15, 0.2) is 48.5 Å². The topological polar surface area (TPSA) is 86.3 Å². The van der Waals surface area contributed by atoms with Crippen LogP contribution >= 0.6 is 0 Å². The van der Waals surface area contributed by atoms with Gasteiger partial charge in [-0.2, -0.15) is 0 Å². The zero-order valence-electron chi connectivity index (χ0n) is 27.0. The Bertz CT molecular complexity index is 1440. The van der Waals surface area contributed by atoms with Crippen LogP contribution in [0.4, 0.5) is 4.39 Å². The lowest BCUT2D eigenvalue weighted by atomic mass is 9.90. The number of ether oxygens (including phenoxy) is 4. The predicted octanol–water partition coefficient (Wildman–Crippen LogP) is 5.95. The summed E-state index contributed by atoms with van der Waals surface area (Å²) in [5.74, 6) is 0.375. The molecule has 1 fully saturated rings. The highest BCUT2D eigenvalue weighted by Gasteiger charge is 2.30. The summed E-state index contributed by atoms with van der Waals surface area (Å²) in [7, 11) is 4.69. The van der Waals surface area contributed by atoms with Gasteiger partial charge in [0.2, 0.25) is 0 Å². The largest absolute Gasteiger partial charge is 0.496 e. The van der Waals surface area contributed by atoms with E-state index >= 15 is 0 Å². The minimum absolute atomic E-state index is 0.00769. The Morgan fingerprint density at radius 2 is 1.69 bits per heavy atom. The summed E-state index contributed by atoms with van der Waals surface area (Å²) in [6.45, 7) is 7.65. The summed E-state index contributed by atoms with van der Waals surface area (Å²) in [6, 6.07) is 15.3. The maximum Gasteiger partial charge on any atom is 0.325 e. The first kappa shape index (κ1) is 33.9. The lowest BCUT2D eigenvalue weighted by Crippen LogP contribution is -2.32. The molecule has 1 heterocycles. The van der Waals surface area contributed by atoms with E-state index in [0.717, 1.165) is 61.4 Å². The van der Waals surface area contributed by atoms with Crippen LogP contribution in [0.2, 0.25) is 0 Å². The van der Waals surface area contributed by atoms with Gasteiger partial charge in [0.1, 0.15) is 23.9 Å². The first-order valence-corrected chi connectivity index (χ1v) is 15.6. The van der Waals surface area contributed by atoms with Crippen molar-refractivity contribution in [2.45, 2.75) is 58.6 Å². The fraction of sp³-hybridized carbons (Fsp3) is 0.444. The number of rotatable bonds is 11. The summed E-state index contributed by atoms with van der Waals surface area (Å²) >= 11 is 0. The molecule has 242 valence electrons. The van der Waals surface area contributed by atoms with E-state index in [1.807, 2.05) is 6.92 Å². The van der Waals surface area contributed by atoms with E-state index in [4.69, 9.17) is 14.2 Å². The van der Waals surface area contributed by atoms with Crippen molar-refractivity contribution in [3.05, 3.63) is 93.3 Å². The molecule has 9 heteroatoms. The molecule has 0 saturated carbocycles. The molecular formula is C36H45FN2O6. The Hall–Kier alpha value is -3.95. The van der Waals surface area contributed by atoms with Gasteiger partial charge in [-0.25, -0.2) is 4.39 Å². The maximum absolute atomic E-state index is 14.0. The third-order valence-corrected chi connectivity index (χ3v) is 8.47. The molecule has 0 radical (unpaired) electrons. The van der Waals surface area contributed by atoms with Gasteiger partial charge >= 0.3 is 5.97 Å². The highest BCUT2D eigenvalue weighted by molar-refractivity contribution is 5.97. The molecule has 0 spiro atoms. The summed E-state index contributed by atoms with van der Waals surface area (Å²) in [5, 5.41) is 2.38. The monoisotopic (exact) mass is 620 g/mol. The molecule has 0 bridgehead atoms. The number of nitrogens with zero attached hydrogens (tertiary/aromatic N) is 1. The van der Waals surface area contributed by atoms with E-state index in [1.54, 1.807) is 26.4 Å². The Kier molecular flexibility index (Phi) is 12.4. The molecule has 1 N–H and O–H groups in total. The van der Waals surface area contributed by atoms with Gasteiger partial charge in [-0.15, -0.1) is 0 Å². The van der Waals surface area contributed by atoms with Gasteiger partial charge in [-0.1, -0.05) is 30.3 Å². The standard InChI is InChI=1S/C21H26O3.C15H19FN2O3/c1-5-24-13-15-11-19(22-3)21(20(12-15)23-4)18-10-9-16-14(2)7-6-8-17(16)18;1-21-13(19)9-17-15(20)14-11(5-4-6-12(14)16)10-18-7-2-3-8-18/h6-8,11-12,18H,5,9-10,13H2,1-4H3;4-6H,2-3,7-10H2,1H3,(H,17,20). The van der Waals surface area contributed by atoms with Crippen LogP contribution in [0.1, 0.15) is 75.8 Å². The van der Waals surface area contributed by atoms with Crippen LogP contribution in [-0.4, -0.2) is 64.3 Å². The molecule has 1 aliphatic carbocycles. The molecule has 1 atom stereocenters. The molecule has 45 heavy (non-hydrogen) atoms. The zero-order valence-corrected chi connectivity index (χ0v) is 27.0. The average Bonchev–Trinajstić information content (AvgIpc) is 3.73. The quantitative estimate of drug-likeness (QED) is 0.265. The number of carbonyl (C=O) groups excluding carboxylic acids is 2. The van der Waals surface area contributed by atoms with Crippen LogP contribution in [0.5, 0.6) is 11.5 Å². The molecule has 3 aromatic carbocycles. The molecule has 3 aromatic rings. The van der Waals surface area contributed by atoms with Crippen molar-refractivity contribution < 1.29 is 32.9 Å².